The second-order valence-electron chi connectivity index (χ2n) is 6.40. The minimum atomic E-state index is -1.68. The molecule has 0 bridgehead atoms. The van der Waals surface area contributed by atoms with Gasteiger partial charge in [-0.1, -0.05) is 39.1 Å². The maximum atomic E-state index is 13.3. The van der Waals surface area contributed by atoms with Gasteiger partial charge in [0.15, 0.2) is 15.9 Å². The Balaban J connectivity index is 1.94. The highest BCUT2D eigenvalue weighted by atomic mass is 79.9. The molecule has 0 radical (unpaired) electrons. The van der Waals surface area contributed by atoms with Crippen LogP contribution in [0.3, 0.4) is 0 Å². The van der Waals surface area contributed by atoms with Gasteiger partial charge >= 0.3 is 0 Å². The normalized spacial score (nSPS) is 10.9. The third-order valence-corrected chi connectivity index (χ3v) is 5.81. The van der Waals surface area contributed by atoms with E-state index in [9.17, 15) is 9.59 Å². The summed E-state index contributed by atoms with van der Waals surface area (Å²) in [6.45, 7) is -0.262. The molecule has 0 aliphatic carbocycles. The number of carbonyl (C=O) groups excluding carboxylic acids is 2. The van der Waals surface area contributed by atoms with Crippen LogP contribution in [0.2, 0.25) is 10.0 Å². The fourth-order valence-electron chi connectivity index (χ4n) is 2.70. The van der Waals surface area contributed by atoms with Gasteiger partial charge < -0.3 is 4.74 Å². The molecule has 0 spiro atoms. The van der Waals surface area contributed by atoms with Gasteiger partial charge in [-0.3, -0.25) is 9.59 Å². The van der Waals surface area contributed by atoms with Crippen LogP contribution in [-0.2, 0) is 0 Å². The number of nitriles is 1. The zero-order chi connectivity index (χ0) is 21.7. The number of rotatable bonds is 7. The predicted molar refractivity (Wildman–Crippen MR) is 120 cm³/mol. The average molecular weight is 503 g/mol. The molecule has 3 aromatic rings. The molecule has 3 aromatic carbocycles. The smallest absolute Gasteiger partial charge is 0.190 e. The third kappa shape index (κ3) is 4.91. The van der Waals surface area contributed by atoms with Crippen LogP contribution in [0.25, 0.3) is 0 Å². The molecule has 4 nitrogen and oxygen atoms in total. The Morgan fingerprint density at radius 1 is 0.833 bits per heavy atom. The number of hydrogen-bond acceptors (Lipinski definition) is 4. The van der Waals surface area contributed by atoms with Crippen LogP contribution in [-0.4, -0.2) is 22.5 Å². The number of Topliss-reactive ketones (excluding diaryl/α,β-unsaturated/α-hetero) is 2. The van der Waals surface area contributed by atoms with Crippen molar-refractivity contribution < 1.29 is 14.3 Å². The number of alkyl halides is 1. The largest absolute Gasteiger partial charge is 0.491 e. The van der Waals surface area contributed by atoms with Crippen LogP contribution in [0, 0.1) is 11.3 Å². The summed E-state index contributed by atoms with van der Waals surface area (Å²) in [5, 5.41) is 9.87. The maximum absolute atomic E-state index is 13.3. The van der Waals surface area contributed by atoms with Crippen LogP contribution >= 0.6 is 39.1 Å². The SMILES string of the molecule is N#Cc1ccc(OCC(Br)(C(=O)c2ccc(Cl)cc2)C(=O)c2ccc(Cl)cc2)cc1. The van der Waals surface area contributed by atoms with Crippen molar-refractivity contribution in [3.63, 3.8) is 0 Å². The molecular formula is C23H14BrCl2NO3. The minimum Gasteiger partial charge on any atom is -0.491 e. The summed E-state index contributed by atoms with van der Waals surface area (Å²) >= 11 is 15.2. The molecule has 7 heteroatoms. The van der Waals surface area contributed by atoms with Crippen molar-refractivity contribution in [1.82, 2.24) is 0 Å². The fourth-order valence-corrected chi connectivity index (χ4v) is 3.53. The first-order chi connectivity index (χ1) is 14.3. The molecule has 0 aliphatic heterocycles. The topological polar surface area (TPSA) is 67.2 Å². The van der Waals surface area contributed by atoms with Crippen molar-refractivity contribution in [2.24, 2.45) is 0 Å². The monoisotopic (exact) mass is 501 g/mol. The van der Waals surface area contributed by atoms with E-state index in [-0.39, 0.29) is 6.61 Å². The molecule has 0 heterocycles. The number of hydrogen-bond donors (Lipinski definition) is 0. The lowest BCUT2D eigenvalue weighted by Gasteiger charge is -2.25. The van der Waals surface area contributed by atoms with E-state index in [1.807, 2.05) is 6.07 Å². The van der Waals surface area contributed by atoms with Gasteiger partial charge in [-0.25, -0.2) is 0 Å². The van der Waals surface area contributed by atoms with Gasteiger partial charge in [-0.05, 0) is 72.8 Å². The molecule has 0 saturated carbocycles. The second kappa shape index (κ2) is 9.44. The van der Waals surface area contributed by atoms with Crippen molar-refractivity contribution >= 4 is 50.7 Å². The van der Waals surface area contributed by atoms with E-state index in [1.165, 1.54) is 0 Å². The first kappa shape index (κ1) is 22.0. The molecule has 0 N–H and O–H groups in total. The number of halogens is 3. The van der Waals surface area contributed by atoms with Crippen molar-refractivity contribution in [1.29, 1.82) is 5.26 Å². The highest BCUT2D eigenvalue weighted by Crippen LogP contribution is 2.31. The number of ether oxygens (including phenoxy) is 1. The highest BCUT2D eigenvalue weighted by Gasteiger charge is 2.45. The summed E-state index contributed by atoms with van der Waals surface area (Å²) in [4.78, 5) is 26.6. The second-order valence-corrected chi connectivity index (χ2v) is 8.62. The van der Waals surface area contributed by atoms with Gasteiger partial charge in [0.1, 0.15) is 12.4 Å². The maximum Gasteiger partial charge on any atom is 0.190 e. The fraction of sp³-hybridized carbons (Fsp3) is 0.0870. The summed E-state index contributed by atoms with van der Waals surface area (Å²) in [5.41, 5.74) is 1.09. The van der Waals surface area contributed by atoms with Crippen LogP contribution < -0.4 is 4.74 Å². The summed E-state index contributed by atoms with van der Waals surface area (Å²) in [6, 6.07) is 20.9. The molecule has 0 aliphatic rings. The van der Waals surface area contributed by atoms with Crippen molar-refractivity contribution in [2.45, 2.75) is 4.32 Å². The summed E-state index contributed by atoms with van der Waals surface area (Å²) < 4.78 is 4.08. The molecule has 0 unspecified atom stereocenters. The van der Waals surface area contributed by atoms with Gasteiger partial charge in [0, 0.05) is 21.2 Å². The van der Waals surface area contributed by atoms with Gasteiger partial charge in [-0.15, -0.1) is 0 Å². The van der Waals surface area contributed by atoms with Gasteiger partial charge in [0.2, 0.25) is 0 Å². The molecule has 0 amide bonds. The van der Waals surface area contributed by atoms with Gasteiger partial charge in [0.25, 0.3) is 0 Å². The highest BCUT2D eigenvalue weighted by molar-refractivity contribution is 9.10. The molecular weight excluding hydrogens is 489 g/mol. The van der Waals surface area contributed by atoms with E-state index < -0.39 is 15.9 Å². The first-order valence-electron chi connectivity index (χ1n) is 8.76. The van der Waals surface area contributed by atoms with Crippen LogP contribution in [0.1, 0.15) is 26.3 Å². The standard InChI is InChI=1S/C23H14BrCl2NO3/c24-23(21(28)16-3-7-18(25)8-4-16,22(29)17-5-9-19(26)10-6-17)14-30-20-11-1-15(13-27)2-12-20/h1-12H,14H2. The minimum absolute atomic E-state index is 0.262. The number of benzene rings is 3. The van der Waals surface area contributed by atoms with Gasteiger partial charge in [-0.2, -0.15) is 5.26 Å². The Morgan fingerprint density at radius 2 is 1.27 bits per heavy atom. The van der Waals surface area contributed by atoms with Crippen LogP contribution in [0.15, 0.2) is 72.8 Å². The Bertz CT molecular complexity index is 1050. The Labute approximate surface area is 192 Å². The lowest BCUT2D eigenvalue weighted by atomic mass is 9.90. The number of ketones is 2. The van der Waals surface area contributed by atoms with E-state index in [2.05, 4.69) is 15.9 Å². The van der Waals surface area contributed by atoms with E-state index in [0.29, 0.717) is 32.5 Å². The van der Waals surface area contributed by atoms with Crippen molar-refractivity contribution in [2.75, 3.05) is 6.61 Å². The van der Waals surface area contributed by atoms with Crippen LogP contribution in [0.4, 0.5) is 0 Å². The quantitative estimate of drug-likeness (QED) is 0.221. The average Bonchev–Trinajstić information content (AvgIpc) is 2.78. The van der Waals surface area contributed by atoms with Crippen molar-refractivity contribution in [3.8, 4) is 11.8 Å². The Morgan fingerprint density at radius 3 is 1.67 bits per heavy atom. The lowest BCUT2D eigenvalue weighted by Crippen LogP contribution is -2.46. The molecule has 0 saturated heterocycles. The first-order valence-corrected chi connectivity index (χ1v) is 10.3. The van der Waals surface area contributed by atoms with E-state index in [0.717, 1.165) is 0 Å². The Hall–Kier alpha value is -2.65. The number of nitrogens with zero attached hydrogens (tertiary/aromatic N) is 1. The molecule has 0 fully saturated rings. The zero-order valence-corrected chi connectivity index (χ0v) is 18.5. The molecule has 3 rings (SSSR count). The van der Waals surface area contributed by atoms with Crippen LogP contribution in [0.5, 0.6) is 5.75 Å². The van der Waals surface area contributed by atoms with E-state index >= 15 is 0 Å². The number of carbonyl (C=O) groups is 2. The van der Waals surface area contributed by atoms with Gasteiger partial charge in [0.05, 0.1) is 11.6 Å². The summed E-state index contributed by atoms with van der Waals surface area (Å²) in [6.07, 6.45) is 0. The van der Waals surface area contributed by atoms with E-state index in [1.54, 1.807) is 72.8 Å². The molecule has 0 atom stereocenters. The Kier molecular flexibility index (Phi) is 6.94. The van der Waals surface area contributed by atoms with E-state index in [4.69, 9.17) is 33.2 Å². The molecule has 150 valence electrons. The summed E-state index contributed by atoms with van der Waals surface area (Å²) in [7, 11) is 0. The third-order valence-electron chi connectivity index (χ3n) is 4.35. The molecule has 30 heavy (non-hydrogen) atoms. The molecule has 0 aromatic heterocycles. The lowest BCUT2D eigenvalue weighted by molar-refractivity contribution is 0.0800. The predicted octanol–water partition coefficient (Wildman–Crippen LogP) is 6.14. The summed E-state index contributed by atoms with van der Waals surface area (Å²) in [5.74, 6) is -0.508. The zero-order valence-electron chi connectivity index (χ0n) is 15.4. The van der Waals surface area contributed by atoms with Crippen molar-refractivity contribution in [3.05, 3.63) is 99.5 Å².